The Morgan fingerprint density at radius 3 is 2.43 bits per heavy atom. The van der Waals surface area contributed by atoms with Crippen LogP contribution in [0.3, 0.4) is 0 Å². The number of sulfonamides is 1. The molecule has 1 aromatic carbocycles. The molecule has 0 aliphatic carbocycles. The van der Waals surface area contributed by atoms with E-state index in [2.05, 4.69) is 12.2 Å². The zero-order valence-corrected chi connectivity index (χ0v) is 14.7. The number of nitrogens with one attached hydrogen (secondary N) is 1. The molecule has 0 bridgehead atoms. The van der Waals surface area contributed by atoms with Crippen LogP contribution < -0.4 is 5.32 Å². The fourth-order valence-corrected chi connectivity index (χ4v) is 4.36. The first kappa shape index (κ1) is 17.9. The molecule has 5 nitrogen and oxygen atoms in total. The van der Waals surface area contributed by atoms with Gasteiger partial charge in [0.25, 0.3) is 0 Å². The summed E-state index contributed by atoms with van der Waals surface area (Å²) in [5.41, 5.74) is 1.63. The van der Waals surface area contributed by atoms with E-state index in [0.29, 0.717) is 32.0 Å². The summed E-state index contributed by atoms with van der Waals surface area (Å²) in [5.74, 6) is 0.560. The number of carbonyl (C=O) groups is 1. The van der Waals surface area contributed by atoms with Gasteiger partial charge in [-0.1, -0.05) is 38.1 Å². The third kappa shape index (κ3) is 5.04. The number of amides is 1. The summed E-state index contributed by atoms with van der Waals surface area (Å²) in [6, 6.07) is 7.41. The molecule has 6 heteroatoms. The third-order valence-corrected chi connectivity index (χ3v) is 6.22. The molecule has 0 saturated carbocycles. The summed E-state index contributed by atoms with van der Waals surface area (Å²) in [6.07, 6.45) is 2.27. The maximum absolute atomic E-state index is 12.6. The minimum atomic E-state index is -3.31. The van der Waals surface area contributed by atoms with E-state index < -0.39 is 10.0 Å². The second-order valence-electron chi connectivity index (χ2n) is 6.24. The average molecular weight is 338 g/mol. The Hall–Kier alpha value is -1.40. The Morgan fingerprint density at radius 2 is 1.83 bits per heavy atom. The van der Waals surface area contributed by atoms with Gasteiger partial charge in [-0.15, -0.1) is 0 Å². The summed E-state index contributed by atoms with van der Waals surface area (Å²) in [4.78, 5) is 11.4. The zero-order valence-electron chi connectivity index (χ0n) is 13.9. The largest absolute Gasteiger partial charge is 0.352 e. The summed E-state index contributed by atoms with van der Waals surface area (Å²) in [6.45, 7) is 5.55. The van der Waals surface area contributed by atoms with Gasteiger partial charge in [0.05, 0.1) is 5.75 Å². The molecule has 2 rings (SSSR count). The van der Waals surface area contributed by atoms with Crippen LogP contribution in [0.5, 0.6) is 0 Å². The molecular weight excluding hydrogens is 312 g/mol. The van der Waals surface area contributed by atoms with E-state index >= 15 is 0 Å². The van der Waals surface area contributed by atoms with Gasteiger partial charge in [-0.3, -0.25) is 4.79 Å². The van der Waals surface area contributed by atoms with Gasteiger partial charge >= 0.3 is 0 Å². The quantitative estimate of drug-likeness (QED) is 0.865. The standard InChI is InChI=1S/C17H26N2O3S/c1-3-17(20)18-12-15-6-4-5-7-16(15)13-23(21,22)19-10-8-14(2)9-11-19/h4-7,14H,3,8-13H2,1-2H3,(H,18,20). The van der Waals surface area contributed by atoms with Gasteiger partial charge in [-0.25, -0.2) is 12.7 Å². The molecule has 0 unspecified atom stereocenters. The molecule has 0 aromatic heterocycles. The molecular formula is C17H26N2O3S. The van der Waals surface area contributed by atoms with Crippen LogP contribution in [0, 0.1) is 5.92 Å². The predicted octanol–water partition coefficient (Wildman–Crippen LogP) is 2.27. The van der Waals surface area contributed by atoms with Crippen molar-refractivity contribution < 1.29 is 13.2 Å². The SMILES string of the molecule is CCC(=O)NCc1ccccc1CS(=O)(=O)N1CCC(C)CC1. The van der Waals surface area contributed by atoms with Crippen LogP contribution in [0.1, 0.15) is 44.2 Å². The van der Waals surface area contributed by atoms with E-state index in [1.54, 1.807) is 11.2 Å². The molecule has 1 amide bonds. The Balaban J connectivity index is 2.08. The lowest BCUT2D eigenvalue weighted by Gasteiger charge is -2.29. The van der Waals surface area contributed by atoms with Gasteiger partial charge in [0.1, 0.15) is 0 Å². The van der Waals surface area contributed by atoms with E-state index in [1.165, 1.54) is 0 Å². The van der Waals surface area contributed by atoms with E-state index in [-0.39, 0.29) is 11.7 Å². The van der Waals surface area contributed by atoms with Gasteiger partial charge in [-0.2, -0.15) is 0 Å². The van der Waals surface area contributed by atoms with Crippen LogP contribution in [0.15, 0.2) is 24.3 Å². The number of hydrogen-bond donors (Lipinski definition) is 1. The molecule has 1 fully saturated rings. The van der Waals surface area contributed by atoms with Crippen molar-refractivity contribution in [2.24, 2.45) is 5.92 Å². The van der Waals surface area contributed by atoms with Crippen LogP contribution in [0.25, 0.3) is 0 Å². The molecule has 1 N–H and O–H groups in total. The van der Waals surface area contributed by atoms with Crippen molar-refractivity contribution >= 4 is 15.9 Å². The number of rotatable bonds is 6. The Bertz CT molecular complexity index is 635. The monoisotopic (exact) mass is 338 g/mol. The lowest BCUT2D eigenvalue weighted by Crippen LogP contribution is -2.38. The predicted molar refractivity (Wildman–Crippen MR) is 91.2 cm³/mol. The van der Waals surface area contributed by atoms with E-state index in [1.807, 2.05) is 24.3 Å². The number of carbonyl (C=O) groups excluding carboxylic acids is 1. The van der Waals surface area contributed by atoms with Crippen LogP contribution in [0.4, 0.5) is 0 Å². The number of piperidine rings is 1. The zero-order chi connectivity index (χ0) is 16.9. The Morgan fingerprint density at radius 1 is 1.22 bits per heavy atom. The molecule has 128 valence electrons. The highest BCUT2D eigenvalue weighted by Gasteiger charge is 2.27. The number of nitrogens with zero attached hydrogens (tertiary/aromatic N) is 1. The Labute approximate surface area is 139 Å². The molecule has 1 aliphatic rings. The summed E-state index contributed by atoms with van der Waals surface area (Å²) in [5, 5.41) is 2.81. The smallest absolute Gasteiger partial charge is 0.219 e. The van der Waals surface area contributed by atoms with E-state index in [0.717, 1.165) is 24.0 Å². The number of benzene rings is 1. The van der Waals surface area contributed by atoms with Crippen LogP contribution in [-0.4, -0.2) is 31.7 Å². The maximum Gasteiger partial charge on any atom is 0.219 e. The summed E-state index contributed by atoms with van der Waals surface area (Å²) >= 11 is 0. The van der Waals surface area contributed by atoms with Gasteiger partial charge in [0.15, 0.2) is 0 Å². The van der Waals surface area contributed by atoms with Crippen molar-refractivity contribution in [2.45, 2.75) is 45.4 Å². The molecule has 1 aliphatic heterocycles. The van der Waals surface area contributed by atoms with Crippen molar-refractivity contribution in [1.29, 1.82) is 0 Å². The average Bonchev–Trinajstić information content (AvgIpc) is 2.53. The van der Waals surface area contributed by atoms with Crippen molar-refractivity contribution in [3.05, 3.63) is 35.4 Å². The second kappa shape index (κ2) is 7.93. The highest BCUT2D eigenvalue weighted by molar-refractivity contribution is 7.88. The van der Waals surface area contributed by atoms with Gasteiger partial charge < -0.3 is 5.32 Å². The van der Waals surface area contributed by atoms with E-state index in [4.69, 9.17) is 0 Å². The molecule has 0 radical (unpaired) electrons. The first-order valence-corrected chi connectivity index (χ1v) is 9.84. The minimum absolute atomic E-state index is 0.000447. The van der Waals surface area contributed by atoms with Crippen molar-refractivity contribution in [1.82, 2.24) is 9.62 Å². The molecule has 1 heterocycles. The van der Waals surface area contributed by atoms with Crippen molar-refractivity contribution in [2.75, 3.05) is 13.1 Å². The first-order chi connectivity index (χ1) is 10.9. The molecule has 1 saturated heterocycles. The third-order valence-electron chi connectivity index (χ3n) is 4.39. The summed E-state index contributed by atoms with van der Waals surface area (Å²) in [7, 11) is -3.31. The fourth-order valence-electron chi connectivity index (χ4n) is 2.74. The second-order valence-corrected chi connectivity index (χ2v) is 8.21. The van der Waals surface area contributed by atoms with E-state index in [9.17, 15) is 13.2 Å². The maximum atomic E-state index is 12.6. The lowest BCUT2D eigenvalue weighted by atomic mass is 10.0. The van der Waals surface area contributed by atoms with Crippen molar-refractivity contribution in [3.63, 3.8) is 0 Å². The van der Waals surface area contributed by atoms with Gasteiger partial charge in [0.2, 0.25) is 15.9 Å². The van der Waals surface area contributed by atoms with Crippen LogP contribution >= 0.6 is 0 Å². The molecule has 0 spiro atoms. The first-order valence-electron chi connectivity index (χ1n) is 8.23. The Kier molecular flexibility index (Phi) is 6.18. The van der Waals surface area contributed by atoms with Gasteiger partial charge in [-0.05, 0) is 29.9 Å². The minimum Gasteiger partial charge on any atom is -0.352 e. The summed E-state index contributed by atoms with van der Waals surface area (Å²) < 4.78 is 26.9. The highest BCUT2D eigenvalue weighted by Crippen LogP contribution is 2.22. The molecule has 1 aromatic rings. The molecule has 23 heavy (non-hydrogen) atoms. The lowest BCUT2D eigenvalue weighted by molar-refractivity contribution is -0.120. The van der Waals surface area contributed by atoms with Crippen LogP contribution in [-0.2, 0) is 27.1 Å². The fraction of sp³-hybridized carbons (Fsp3) is 0.588. The van der Waals surface area contributed by atoms with Crippen molar-refractivity contribution in [3.8, 4) is 0 Å². The topological polar surface area (TPSA) is 66.5 Å². The number of hydrogen-bond acceptors (Lipinski definition) is 3. The van der Waals surface area contributed by atoms with Crippen LogP contribution in [0.2, 0.25) is 0 Å². The highest BCUT2D eigenvalue weighted by atomic mass is 32.2. The normalized spacial score (nSPS) is 17.1. The van der Waals surface area contributed by atoms with Gasteiger partial charge in [0, 0.05) is 26.1 Å². The molecule has 0 atom stereocenters.